The number of anilines is 1. The molecule has 1 heterocycles. The number of urea groups is 1. The molecule has 0 unspecified atom stereocenters. The summed E-state index contributed by atoms with van der Waals surface area (Å²) in [6, 6.07) is 6.07. The smallest absolute Gasteiger partial charge is 0.319 e. The minimum atomic E-state index is -0.192. The van der Waals surface area contributed by atoms with Crippen molar-refractivity contribution in [3.05, 3.63) is 28.8 Å². The van der Waals surface area contributed by atoms with Crippen molar-refractivity contribution in [2.24, 2.45) is 0 Å². The molecule has 5 heteroatoms. The largest absolute Gasteiger partial charge is 0.338 e. The van der Waals surface area contributed by atoms with Crippen LogP contribution in [0.1, 0.15) is 38.2 Å². The van der Waals surface area contributed by atoms with Crippen molar-refractivity contribution in [3.63, 3.8) is 0 Å². The predicted octanol–water partition coefficient (Wildman–Crippen LogP) is 4.03. The second kappa shape index (κ2) is 8.39. The minimum Gasteiger partial charge on any atom is -0.338 e. The second-order valence-corrected chi connectivity index (χ2v) is 6.45. The highest BCUT2D eigenvalue weighted by Crippen LogP contribution is 2.24. The second-order valence-electron chi connectivity index (χ2n) is 6.05. The molecule has 1 aliphatic rings. The lowest BCUT2D eigenvalue weighted by molar-refractivity contribution is 0.159. The number of nitrogens with zero attached hydrogens (tertiary/aromatic N) is 1. The van der Waals surface area contributed by atoms with Gasteiger partial charge in [-0.25, -0.2) is 4.79 Å². The molecule has 0 aromatic heterocycles. The van der Waals surface area contributed by atoms with E-state index in [-0.39, 0.29) is 6.03 Å². The van der Waals surface area contributed by atoms with Crippen LogP contribution in [0, 0.1) is 6.92 Å². The molecule has 1 atom stereocenters. The number of rotatable bonds is 5. The number of piperidine rings is 1. The fourth-order valence-corrected chi connectivity index (χ4v) is 3.19. The zero-order chi connectivity index (χ0) is 15.9. The number of nitrogens with one attached hydrogen (secondary N) is 2. The zero-order valence-electron chi connectivity index (χ0n) is 13.5. The van der Waals surface area contributed by atoms with Gasteiger partial charge in [0, 0.05) is 19.1 Å². The Morgan fingerprint density at radius 2 is 2.23 bits per heavy atom. The van der Waals surface area contributed by atoms with E-state index in [0.717, 1.165) is 18.5 Å². The Balaban J connectivity index is 1.70. The fourth-order valence-electron chi connectivity index (χ4n) is 2.92. The summed E-state index contributed by atoms with van der Waals surface area (Å²) in [4.78, 5) is 14.5. The van der Waals surface area contributed by atoms with Crippen molar-refractivity contribution in [3.8, 4) is 0 Å². The van der Waals surface area contributed by atoms with Crippen LogP contribution in [-0.4, -0.2) is 36.6 Å². The van der Waals surface area contributed by atoms with Crippen LogP contribution in [0.2, 0.25) is 5.02 Å². The summed E-state index contributed by atoms with van der Waals surface area (Å²) in [6.07, 6.45) is 4.90. The van der Waals surface area contributed by atoms with Crippen molar-refractivity contribution >= 4 is 23.3 Å². The first-order valence-electron chi connectivity index (χ1n) is 8.12. The van der Waals surface area contributed by atoms with Crippen molar-refractivity contribution in [1.29, 1.82) is 0 Å². The van der Waals surface area contributed by atoms with Crippen LogP contribution in [0.15, 0.2) is 18.2 Å². The van der Waals surface area contributed by atoms with Gasteiger partial charge in [0.15, 0.2) is 0 Å². The highest BCUT2D eigenvalue weighted by Gasteiger charge is 2.17. The van der Waals surface area contributed by atoms with Gasteiger partial charge in [-0.05, 0) is 51.3 Å². The van der Waals surface area contributed by atoms with E-state index in [0.29, 0.717) is 23.3 Å². The third-order valence-corrected chi connectivity index (χ3v) is 4.62. The zero-order valence-corrected chi connectivity index (χ0v) is 14.2. The van der Waals surface area contributed by atoms with Crippen LogP contribution in [0.3, 0.4) is 0 Å². The average molecular weight is 324 g/mol. The Hall–Kier alpha value is -1.26. The number of hydrogen-bond donors (Lipinski definition) is 2. The summed E-state index contributed by atoms with van der Waals surface area (Å²) < 4.78 is 0. The van der Waals surface area contributed by atoms with Crippen LogP contribution in [0.4, 0.5) is 10.5 Å². The Labute approximate surface area is 138 Å². The standard InChI is InChI=1S/C17H26ClN3O/c1-13-7-5-9-15(18)16(13)20-17(22)19-10-6-12-21-11-4-3-8-14(21)2/h5,7,9,14H,3-4,6,8,10-12H2,1-2H3,(H2,19,20,22)/t14-/m1/s1. The maximum absolute atomic E-state index is 11.9. The maximum Gasteiger partial charge on any atom is 0.319 e. The highest BCUT2D eigenvalue weighted by atomic mass is 35.5. The molecule has 0 saturated carbocycles. The first-order valence-corrected chi connectivity index (χ1v) is 8.49. The average Bonchev–Trinajstić information content (AvgIpc) is 2.49. The number of halogens is 1. The Morgan fingerprint density at radius 3 is 2.95 bits per heavy atom. The monoisotopic (exact) mass is 323 g/mol. The fraction of sp³-hybridized carbons (Fsp3) is 0.588. The topological polar surface area (TPSA) is 44.4 Å². The van der Waals surface area contributed by atoms with Gasteiger partial charge in [0.25, 0.3) is 0 Å². The Kier molecular flexibility index (Phi) is 6.52. The molecule has 2 amide bonds. The summed E-state index contributed by atoms with van der Waals surface area (Å²) >= 11 is 6.10. The molecule has 1 aromatic rings. The number of para-hydroxylation sites is 1. The van der Waals surface area contributed by atoms with E-state index in [1.165, 1.54) is 25.8 Å². The summed E-state index contributed by atoms with van der Waals surface area (Å²) in [5.74, 6) is 0. The van der Waals surface area contributed by atoms with Gasteiger partial charge in [0.05, 0.1) is 10.7 Å². The third kappa shape index (κ3) is 4.89. The summed E-state index contributed by atoms with van der Waals surface area (Å²) in [5.41, 5.74) is 1.65. The molecule has 2 N–H and O–H groups in total. The van der Waals surface area contributed by atoms with E-state index in [4.69, 9.17) is 11.6 Å². The van der Waals surface area contributed by atoms with Crippen molar-refractivity contribution < 1.29 is 4.79 Å². The first-order chi connectivity index (χ1) is 10.6. The number of hydrogen-bond acceptors (Lipinski definition) is 2. The Morgan fingerprint density at radius 1 is 1.41 bits per heavy atom. The molecular formula is C17H26ClN3O. The predicted molar refractivity (Wildman–Crippen MR) is 92.7 cm³/mol. The van der Waals surface area contributed by atoms with Crippen LogP contribution in [0.25, 0.3) is 0 Å². The van der Waals surface area contributed by atoms with E-state index >= 15 is 0 Å². The number of benzene rings is 1. The van der Waals surface area contributed by atoms with E-state index in [1.54, 1.807) is 6.07 Å². The number of aryl methyl sites for hydroxylation is 1. The minimum absolute atomic E-state index is 0.192. The van der Waals surface area contributed by atoms with Gasteiger partial charge >= 0.3 is 6.03 Å². The lowest BCUT2D eigenvalue weighted by atomic mass is 10.0. The number of amides is 2. The molecule has 0 radical (unpaired) electrons. The quantitative estimate of drug-likeness (QED) is 0.803. The van der Waals surface area contributed by atoms with Crippen LogP contribution in [-0.2, 0) is 0 Å². The lowest BCUT2D eigenvalue weighted by Crippen LogP contribution is -2.39. The molecular weight excluding hydrogens is 298 g/mol. The first kappa shape index (κ1) is 17.1. The molecule has 1 fully saturated rings. The molecule has 1 aliphatic heterocycles. The lowest BCUT2D eigenvalue weighted by Gasteiger charge is -2.33. The van der Waals surface area contributed by atoms with Gasteiger partial charge < -0.3 is 15.5 Å². The van der Waals surface area contributed by atoms with Gasteiger partial charge in [0.1, 0.15) is 0 Å². The number of carbonyl (C=O) groups excluding carboxylic acids is 1. The van der Waals surface area contributed by atoms with Crippen molar-refractivity contribution in [2.45, 2.75) is 45.6 Å². The molecule has 1 aromatic carbocycles. The van der Waals surface area contributed by atoms with Crippen LogP contribution in [0.5, 0.6) is 0 Å². The van der Waals surface area contributed by atoms with Gasteiger partial charge in [-0.1, -0.05) is 30.2 Å². The van der Waals surface area contributed by atoms with E-state index in [2.05, 4.69) is 22.5 Å². The molecule has 4 nitrogen and oxygen atoms in total. The molecule has 2 rings (SSSR count). The van der Waals surface area contributed by atoms with Crippen LogP contribution >= 0.6 is 11.6 Å². The van der Waals surface area contributed by atoms with E-state index in [9.17, 15) is 4.79 Å². The molecule has 0 spiro atoms. The van der Waals surface area contributed by atoms with Gasteiger partial charge in [-0.2, -0.15) is 0 Å². The van der Waals surface area contributed by atoms with Gasteiger partial charge in [0.2, 0.25) is 0 Å². The summed E-state index contributed by atoms with van der Waals surface area (Å²) in [7, 11) is 0. The summed E-state index contributed by atoms with van der Waals surface area (Å²) in [5, 5.41) is 6.30. The number of carbonyl (C=O) groups is 1. The van der Waals surface area contributed by atoms with Crippen LogP contribution < -0.4 is 10.6 Å². The van der Waals surface area contributed by atoms with Crippen molar-refractivity contribution in [1.82, 2.24) is 10.2 Å². The molecule has 0 bridgehead atoms. The summed E-state index contributed by atoms with van der Waals surface area (Å²) in [6.45, 7) is 7.13. The van der Waals surface area contributed by atoms with E-state index < -0.39 is 0 Å². The third-order valence-electron chi connectivity index (χ3n) is 4.31. The normalized spacial score (nSPS) is 19.0. The maximum atomic E-state index is 11.9. The molecule has 22 heavy (non-hydrogen) atoms. The van der Waals surface area contributed by atoms with Gasteiger partial charge in [-0.15, -0.1) is 0 Å². The van der Waals surface area contributed by atoms with Gasteiger partial charge in [-0.3, -0.25) is 0 Å². The SMILES string of the molecule is Cc1cccc(Cl)c1NC(=O)NCCCN1CCCC[C@H]1C. The van der Waals surface area contributed by atoms with E-state index in [1.807, 2.05) is 19.1 Å². The Bertz CT molecular complexity index is 486. The molecule has 122 valence electrons. The molecule has 0 aliphatic carbocycles. The van der Waals surface area contributed by atoms with Crippen molar-refractivity contribution in [2.75, 3.05) is 25.0 Å². The highest BCUT2D eigenvalue weighted by molar-refractivity contribution is 6.33. The molecule has 1 saturated heterocycles. The number of likely N-dealkylation sites (tertiary alicyclic amines) is 1.